The number of ketones is 1. The predicted molar refractivity (Wildman–Crippen MR) is 133 cm³/mol. The summed E-state index contributed by atoms with van der Waals surface area (Å²) in [7, 11) is 0. The van der Waals surface area contributed by atoms with E-state index in [1.165, 1.54) is 0 Å². The minimum Gasteiger partial charge on any atom is -0.445 e. The Morgan fingerprint density at radius 2 is 1.51 bits per heavy atom. The molecule has 0 spiro atoms. The van der Waals surface area contributed by atoms with Gasteiger partial charge in [0, 0.05) is 24.4 Å². The monoisotopic (exact) mass is 464 g/mol. The Balaban J connectivity index is 1.18. The van der Waals surface area contributed by atoms with E-state index in [9.17, 15) is 14.9 Å². The third-order valence-electron chi connectivity index (χ3n) is 7.30. The van der Waals surface area contributed by atoms with Gasteiger partial charge in [-0.3, -0.25) is 4.79 Å². The van der Waals surface area contributed by atoms with Crippen molar-refractivity contribution in [1.29, 1.82) is 5.26 Å². The van der Waals surface area contributed by atoms with E-state index in [0.29, 0.717) is 24.8 Å². The van der Waals surface area contributed by atoms with E-state index in [4.69, 9.17) is 4.74 Å². The fraction of sp³-hybridized carbons (Fsp3) is 0.300. The van der Waals surface area contributed by atoms with Gasteiger partial charge in [0.2, 0.25) is 0 Å². The Bertz CT molecular complexity index is 1230. The molecule has 0 radical (unpaired) electrons. The molecule has 35 heavy (non-hydrogen) atoms. The minimum absolute atomic E-state index is 0.0235. The van der Waals surface area contributed by atoms with Gasteiger partial charge in [-0.2, -0.15) is 5.26 Å². The van der Waals surface area contributed by atoms with E-state index in [0.717, 1.165) is 35.1 Å². The molecule has 0 aliphatic carbocycles. The summed E-state index contributed by atoms with van der Waals surface area (Å²) >= 11 is 0. The topological polar surface area (TPSA) is 70.4 Å². The van der Waals surface area contributed by atoms with Crippen molar-refractivity contribution in [2.24, 2.45) is 5.92 Å². The number of piperidine rings is 1. The molecule has 3 aromatic carbocycles. The van der Waals surface area contributed by atoms with Crippen molar-refractivity contribution in [3.8, 4) is 17.2 Å². The molecule has 5 rings (SSSR count). The maximum absolute atomic E-state index is 13.2. The normalized spacial score (nSPS) is 20.8. The van der Waals surface area contributed by atoms with Gasteiger partial charge in [0.05, 0.1) is 11.6 Å². The van der Waals surface area contributed by atoms with E-state index >= 15 is 0 Å². The van der Waals surface area contributed by atoms with Crippen LogP contribution in [0.4, 0.5) is 4.79 Å². The first-order valence-corrected chi connectivity index (χ1v) is 12.2. The average Bonchev–Trinajstić information content (AvgIpc) is 3.17. The number of Topliss-reactive ketones (excluding diaryl/α,β-unsaturated/α-hetero) is 1. The molecule has 2 heterocycles. The number of hydrogen-bond donors (Lipinski definition) is 0. The molecular weight excluding hydrogens is 436 g/mol. The molecule has 0 saturated carbocycles. The van der Waals surface area contributed by atoms with Gasteiger partial charge in [-0.05, 0) is 54.0 Å². The van der Waals surface area contributed by atoms with Crippen molar-refractivity contribution in [2.45, 2.75) is 50.8 Å². The van der Waals surface area contributed by atoms with Gasteiger partial charge < -0.3 is 9.64 Å². The number of rotatable bonds is 6. The second-order valence-corrected chi connectivity index (χ2v) is 9.50. The lowest BCUT2D eigenvalue weighted by Gasteiger charge is -2.37. The average molecular weight is 465 g/mol. The molecule has 5 heteroatoms. The lowest BCUT2D eigenvalue weighted by atomic mass is 9.85. The number of nitriles is 1. The summed E-state index contributed by atoms with van der Waals surface area (Å²) in [6.07, 6.45) is 3.42. The summed E-state index contributed by atoms with van der Waals surface area (Å²) in [6.45, 7) is 0.271. The summed E-state index contributed by atoms with van der Waals surface area (Å²) < 4.78 is 5.59. The standard InChI is InChI=1S/C30H28N2O3/c31-19-24-8-4-5-9-28(24)23-12-10-21(11-13-23)16-29(33)25-17-26-14-15-27(18-25)32(26)30(34)35-20-22-6-2-1-3-7-22/h1-13,25-27H,14-18,20H2. The van der Waals surface area contributed by atoms with Crippen molar-refractivity contribution in [3.63, 3.8) is 0 Å². The number of fused-ring (bicyclic) bond motifs is 2. The molecule has 2 aliphatic heterocycles. The fourth-order valence-electron chi connectivity index (χ4n) is 5.51. The summed E-state index contributed by atoms with van der Waals surface area (Å²) in [5, 5.41) is 9.35. The Kier molecular flexibility index (Phi) is 6.63. The molecule has 5 nitrogen and oxygen atoms in total. The number of hydrogen-bond acceptors (Lipinski definition) is 4. The van der Waals surface area contributed by atoms with Gasteiger partial charge in [0.25, 0.3) is 0 Å². The van der Waals surface area contributed by atoms with Gasteiger partial charge in [0.1, 0.15) is 12.4 Å². The number of nitrogens with zero attached hydrogens (tertiary/aromatic N) is 2. The number of carbonyl (C=O) groups is 2. The van der Waals surface area contributed by atoms with Crippen molar-refractivity contribution in [1.82, 2.24) is 4.90 Å². The van der Waals surface area contributed by atoms with E-state index in [-0.39, 0.29) is 36.5 Å². The first-order valence-electron chi connectivity index (χ1n) is 12.2. The Labute approximate surface area is 206 Å². The van der Waals surface area contributed by atoms with E-state index in [1.807, 2.05) is 83.8 Å². The van der Waals surface area contributed by atoms with Crippen molar-refractivity contribution in [3.05, 3.63) is 95.6 Å². The van der Waals surface area contributed by atoms with E-state index in [2.05, 4.69) is 6.07 Å². The number of ether oxygens (including phenoxy) is 1. The van der Waals surface area contributed by atoms with Crippen LogP contribution in [0.15, 0.2) is 78.9 Å². The minimum atomic E-state index is -0.263. The van der Waals surface area contributed by atoms with Crippen LogP contribution in [0.5, 0.6) is 0 Å². The van der Waals surface area contributed by atoms with Gasteiger partial charge in [-0.1, -0.05) is 72.8 Å². The molecule has 0 N–H and O–H groups in total. The Hall–Kier alpha value is -3.91. The highest BCUT2D eigenvalue weighted by Crippen LogP contribution is 2.40. The molecule has 176 valence electrons. The lowest BCUT2D eigenvalue weighted by Crippen LogP contribution is -2.48. The highest BCUT2D eigenvalue weighted by Gasteiger charge is 2.45. The molecule has 2 bridgehead atoms. The second kappa shape index (κ2) is 10.1. The first kappa shape index (κ1) is 22.9. The predicted octanol–water partition coefficient (Wildman–Crippen LogP) is 5.92. The number of amides is 1. The second-order valence-electron chi connectivity index (χ2n) is 9.50. The van der Waals surface area contributed by atoms with Gasteiger partial charge in [0.15, 0.2) is 0 Å². The van der Waals surface area contributed by atoms with Gasteiger partial charge in [-0.15, -0.1) is 0 Å². The van der Waals surface area contributed by atoms with Crippen LogP contribution in [0.3, 0.4) is 0 Å². The number of benzene rings is 3. The zero-order valence-electron chi connectivity index (χ0n) is 19.6. The number of carbonyl (C=O) groups excluding carboxylic acids is 2. The van der Waals surface area contributed by atoms with Crippen molar-refractivity contribution in [2.75, 3.05) is 0 Å². The Morgan fingerprint density at radius 3 is 2.20 bits per heavy atom. The zero-order chi connectivity index (χ0) is 24.2. The highest BCUT2D eigenvalue weighted by molar-refractivity contribution is 5.84. The molecule has 1 amide bonds. The van der Waals surface area contributed by atoms with Crippen LogP contribution in [-0.4, -0.2) is 28.9 Å². The third kappa shape index (κ3) is 4.97. The van der Waals surface area contributed by atoms with Crippen LogP contribution < -0.4 is 0 Å². The summed E-state index contributed by atoms with van der Waals surface area (Å²) in [6, 6.07) is 27.5. The smallest absolute Gasteiger partial charge is 0.410 e. The van der Waals surface area contributed by atoms with Crippen LogP contribution in [0.2, 0.25) is 0 Å². The fourth-order valence-corrected chi connectivity index (χ4v) is 5.51. The molecule has 2 aliphatic rings. The highest BCUT2D eigenvalue weighted by atomic mass is 16.6. The largest absolute Gasteiger partial charge is 0.445 e. The lowest BCUT2D eigenvalue weighted by molar-refractivity contribution is -0.124. The molecule has 3 aromatic rings. The van der Waals surface area contributed by atoms with Gasteiger partial charge >= 0.3 is 6.09 Å². The summed E-state index contributed by atoms with van der Waals surface area (Å²) in [5.41, 5.74) is 4.46. The third-order valence-corrected chi connectivity index (χ3v) is 7.30. The van der Waals surface area contributed by atoms with Gasteiger partial charge in [-0.25, -0.2) is 4.79 Å². The van der Waals surface area contributed by atoms with Crippen molar-refractivity contribution < 1.29 is 14.3 Å². The first-order chi connectivity index (χ1) is 17.1. The quantitative estimate of drug-likeness (QED) is 0.454. The maximum atomic E-state index is 13.2. The SMILES string of the molecule is N#Cc1ccccc1-c1ccc(CC(=O)C2CC3CCC(C2)N3C(=O)OCc2ccccc2)cc1. The van der Waals surface area contributed by atoms with Crippen LogP contribution in [0.1, 0.15) is 42.4 Å². The molecule has 2 saturated heterocycles. The summed E-state index contributed by atoms with van der Waals surface area (Å²) in [5.74, 6) is 0.217. The summed E-state index contributed by atoms with van der Waals surface area (Å²) in [4.78, 5) is 27.8. The van der Waals surface area contributed by atoms with E-state index < -0.39 is 0 Å². The molecule has 0 aromatic heterocycles. The molecular formula is C30H28N2O3. The van der Waals surface area contributed by atoms with E-state index in [1.54, 1.807) is 0 Å². The van der Waals surface area contributed by atoms with Crippen LogP contribution in [-0.2, 0) is 22.6 Å². The van der Waals surface area contributed by atoms with Crippen LogP contribution >= 0.6 is 0 Å². The maximum Gasteiger partial charge on any atom is 0.410 e. The van der Waals surface area contributed by atoms with Crippen molar-refractivity contribution >= 4 is 11.9 Å². The van der Waals surface area contributed by atoms with Crippen LogP contribution in [0, 0.1) is 17.2 Å². The Morgan fingerprint density at radius 1 is 0.857 bits per heavy atom. The zero-order valence-corrected chi connectivity index (χ0v) is 19.6. The molecule has 2 unspecified atom stereocenters. The van der Waals surface area contributed by atoms with Crippen LogP contribution in [0.25, 0.3) is 11.1 Å². The molecule has 2 atom stereocenters. The molecule has 2 fully saturated rings.